The van der Waals surface area contributed by atoms with Crippen LogP contribution in [0.1, 0.15) is 6.92 Å². The Bertz CT molecular complexity index is 1040. The summed E-state index contributed by atoms with van der Waals surface area (Å²) in [6, 6.07) is 13.6. The van der Waals surface area contributed by atoms with Crippen molar-refractivity contribution < 1.29 is 9.18 Å². The maximum atomic E-state index is 13.0. The van der Waals surface area contributed by atoms with Gasteiger partial charge in [0, 0.05) is 23.9 Å². The fourth-order valence-electron chi connectivity index (χ4n) is 2.47. The zero-order valence-electron chi connectivity index (χ0n) is 13.7. The molecule has 0 radical (unpaired) electrons. The van der Waals surface area contributed by atoms with E-state index >= 15 is 0 Å². The fourth-order valence-corrected chi connectivity index (χ4v) is 3.28. The number of anilines is 3. The Morgan fingerprint density at radius 1 is 1.08 bits per heavy atom. The minimum atomic E-state index is -0.279. The van der Waals surface area contributed by atoms with Crippen LogP contribution < -0.4 is 10.6 Å². The van der Waals surface area contributed by atoms with Crippen LogP contribution in [0.2, 0.25) is 0 Å². The largest absolute Gasteiger partial charge is 0.330 e. The molecule has 4 aromatic rings. The zero-order valence-corrected chi connectivity index (χ0v) is 14.5. The van der Waals surface area contributed by atoms with E-state index in [4.69, 9.17) is 0 Å². The maximum absolute atomic E-state index is 13.0. The van der Waals surface area contributed by atoms with Crippen molar-refractivity contribution in [3.63, 3.8) is 0 Å². The zero-order chi connectivity index (χ0) is 18.1. The van der Waals surface area contributed by atoms with Crippen LogP contribution in [0, 0.1) is 5.82 Å². The van der Waals surface area contributed by atoms with Crippen LogP contribution in [0.3, 0.4) is 0 Å². The normalized spacial score (nSPS) is 10.8. The molecule has 1 amide bonds. The number of imidazole rings is 1. The van der Waals surface area contributed by atoms with Gasteiger partial charge in [-0.25, -0.2) is 13.9 Å². The lowest BCUT2D eigenvalue weighted by molar-refractivity contribution is -0.114. The van der Waals surface area contributed by atoms with Crippen LogP contribution in [0.15, 0.2) is 54.7 Å². The number of carbonyl (C=O) groups excluding carboxylic acids is 1. The van der Waals surface area contributed by atoms with Crippen molar-refractivity contribution in [1.29, 1.82) is 0 Å². The molecule has 8 heteroatoms. The molecule has 0 bridgehead atoms. The number of aromatic nitrogens is 3. The Hall–Kier alpha value is -3.26. The number of hydrogen-bond acceptors (Lipinski definition) is 5. The van der Waals surface area contributed by atoms with Crippen LogP contribution in [-0.4, -0.2) is 20.5 Å². The average Bonchev–Trinajstić information content (AvgIpc) is 3.15. The number of rotatable bonds is 4. The lowest BCUT2D eigenvalue weighted by Gasteiger charge is -2.02. The number of nitrogens with zero attached hydrogens (tertiary/aromatic N) is 3. The second kappa shape index (κ2) is 6.57. The van der Waals surface area contributed by atoms with Crippen LogP contribution in [0.5, 0.6) is 0 Å². The molecule has 26 heavy (non-hydrogen) atoms. The lowest BCUT2D eigenvalue weighted by Crippen LogP contribution is -2.05. The van der Waals surface area contributed by atoms with Crippen molar-refractivity contribution in [3.05, 3.63) is 60.5 Å². The van der Waals surface area contributed by atoms with E-state index in [-0.39, 0.29) is 11.7 Å². The SMILES string of the molecule is CC(=O)Nc1ccc(-c2cn3nc(Nc4ccc(F)cc4)sc3n2)cc1. The Labute approximate surface area is 152 Å². The van der Waals surface area contributed by atoms with Gasteiger partial charge in [-0.1, -0.05) is 23.5 Å². The minimum absolute atomic E-state index is 0.106. The fraction of sp³-hybridized carbons (Fsp3) is 0.0556. The molecule has 0 aliphatic carbocycles. The van der Waals surface area contributed by atoms with Crippen molar-refractivity contribution in [2.45, 2.75) is 6.92 Å². The molecular formula is C18H14FN5OS. The predicted octanol–water partition coefficient (Wildman–Crippen LogP) is 4.30. The third-order valence-corrected chi connectivity index (χ3v) is 4.48. The maximum Gasteiger partial charge on any atom is 0.221 e. The first-order valence-electron chi connectivity index (χ1n) is 7.84. The third-order valence-electron chi connectivity index (χ3n) is 3.64. The predicted molar refractivity (Wildman–Crippen MR) is 100 cm³/mol. The van der Waals surface area contributed by atoms with Crippen LogP contribution in [-0.2, 0) is 4.79 Å². The van der Waals surface area contributed by atoms with Crippen molar-refractivity contribution in [2.24, 2.45) is 0 Å². The van der Waals surface area contributed by atoms with Crippen LogP contribution in [0.25, 0.3) is 16.2 Å². The molecule has 6 nitrogen and oxygen atoms in total. The van der Waals surface area contributed by atoms with Gasteiger partial charge in [-0.3, -0.25) is 4.79 Å². The Morgan fingerprint density at radius 2 is 1.77 bits per heavy atom. The molecule has 0 saturated carbocycles. The van der Waals surface area contributed by atoms with Gasteiger partial charge >= 0.3 is 0 Å². The van der Waals surface area contributed by atoms with Gasteiger partial charge in [0.05, 0.1) is 11.9 Å². The second-order valence-corrected chi connectivity index (χ2v) is 6.61. The molecule has 0 atom stereocenters. The highest BCUT2D eigenvalue weighted by atomic mass is 32.1. The van der Waals surface area contributed by atoms with E-state index in [1.54, 1.807) is 16.6 Å². The van der Waals surface area contributed by atoms with Gasteiger partial charge in [0.1, 0.15) is 5.82 Å². The first-order valence-corrected chi connectivity index (χ1v) is 8.65. The molecule has 0 aliphatic heterocycles. The summed E-state index contributed by atoms with van der Waals surface area (Å²) in [7, 11) is 0. The topological polar surface area (TPSA) is 71.3 Å². The Morgan fingerprint density at radius 3 is 2.42 bits per heavy atom. The standard InChI is InChI=1S/C18H14FN5OS/c1-11(25)20-14-6-2-12(3-7-14)16-10-24-18(22-16)26-17(23-24)21-15-8-4-13(19)5-9-15/h2-10H,1H3,(H,20,25)(H,21,23). The van der Waals surface area contributed by atoms with E-state index in [0.717, 1.165) is 27.6 Å². The molecule has 4 rings (SSSR count). The Balaban J connectivity index is 1.54. The first kappa shape index (κ1) is 16.2. The van der Waals surface area contributed by atoms with Crippen LogP contribution in [0.4, 0.5) is 20.9 Å². The smallest absolute Gasteiger partial charge is 0.221 e. The van der Waals surface area contributed by atoms with Crippen molar-refractivity contribution in [2.75, 3.05) is 10.6 Å². The summed E-state index contributed by atoms with van der Waals surface area (Å²) in [6.45, 7) is 1.47. The van der Waals surface area contributed by atoms with Gasteiger partial charge in [0.15, 0.2) is 0 Å². The number of amides is 1. The molecule has 0 fully saturated rings. The highest BCUT2D eigenvalue weighted by Gasteiger charge is 2.10. The van der Waals surface area contributed by atoms with E-state index in [1.165, 1.54) is 30.4 Å². The van der Waals surface area contributed by atoms with Gasteiger partial charge in [-0.15, -0.1) is 5.10 Å². The Kier molecular flexibility index (Phi) is 4.10. The number of carbonyl (C=O) groups is 1. The summed E-state index contributed by atoms with van der Waals surface area (Å²) in [6.07, 6.45) is 1.84. The highest BCUT2D eigenvalue weighted by Crippen LogP contribution is 2.27. The molecule has 2 aromatic heterocycles. The van der Waals surface area contributed by atoms with Crippen molar-refractivity contribution in [1.82, 2.24) is 14.6 Å². The van der Waals surface area contributed by atoms with Gasteiger partial charge in [0.25, 0.3) is 0 Å². The molecule has 0 spiro atoms. The van der Waals surface area contributed by atoms with E-state index in [9.17, 15) is 9.18 Å². The second-order valence-electron chi connectivity index (χ2n) is 5.65. The van der Waals surface area contributed by atoms with Gasteiger partial charge in [-0.05, 0) is 36.4 Å². The molecule has 0 aliphatic rings. The molecule has 2 aromatic carbocycles. The third kappa shape index (κ3) is 3.40. The summed E-state index contributed by atoms with van der Waals surface area (Å²) in [5.74, 6) is -0.385. The number of halogens is 1. The lowest BCUT2D eigenvalue weighted by atomic mass is 10.1. The van der Waals surface area contributed by atoms with E-state index in [0.29, 0.717) is 5.13 Å². The van der Waals surface area contributed by atoms with Crippen molar-refractivity contribution in [3.8, 4) is 11.3 Å². The van der Waals surface area contributed by atoms with Crippen molar-refractivity contribution >= 4 is 38.7 Å². The monoisotopic (exact) mass is 367 g/mol. The van der Waals surface area contributed by atoms with Crippen LogP contribution >= 0.6 is 11.3 Å². The molecule has 130 valence electrons. The summed E-state index contributed by atoms with van der Waals surface area (Å²) in [5.41, 5.74) is 3.24. The minimum Gasteiger partial charge on any atom is -0.330 e. The summed E-state index contributed by atoms with van der Waals surface area (Å²) < 4.78 is 14.7. The number of fused-ring (bicyclic) bond motifs is 1. The van der Waals surface area contributed by atoms with Gasteiger partial charge in [-0.2, -0.15) is 0 Å². The van der Waals surface area contributed by atoms with E-state index in [2.05, 4.69) is 20.7 Å². The summed E-state index contributed by atoms with van der Waals surface area (Å²) >= 11 is 1.40. The number of benzene rings is 2. The average molecular weight is 367 g/mol. The van der Waals surface area contributed by atoms with Gasteiger partial charge in [0.2, 0.25) is 16.0 Å². The molecule has 0 unspecified atom stereocenters. The van der Waals surface area contributed by atoms with Gasteiger partial charge < -0.3 is 10.6 Å². The summed E-state index contributed by atoms with van der Waals surface area (Å²) in [4.78, 5) is 16.4. The summed E-state index contributed by atoms with van der Waals surface area (Å²) in [5, 5.41) is 11.0. The molecule has 2 N–H and O–H groups in total. The number of nitrogens with one attached hydrogen (secondary N) is 2. The first-order chi connectivity index (χ1) is 12.6. The van der Waals surface area contributed by atoms with E-state index < -0.39 is 0 Å². The quantitative estimate of drug-likeness (QED) is 0.564. The highest BCUT2D eigenvalue weighted by molar-refractivity contribution is 7.20. The molecule has 2 heterocycles. The molecule has 0 saturated heterocycles. The number of hydrogen-bond donors (Lipinski definition) is 2. The molecular weight excluding hydrogens is 353 g/mol. The van der Waals surface area contributed by atoms with E-state index in [1.807, 2.05) is 30.5 Å².